The molecule has 0 N–H and O–H groups in total. The Morgan fingerprint density at radius 2 is 2.17 bits per heavy atom. The Bertz CT molecular complexity index is 1110. The summed E-state index contributed by atoms with van der Waals surface area (Å²) in [7, 11) is 0. The normalized spacial score (nSPS) is 19.3. The fraction of sp³-hybridized carbons (Fsp3) is 0.409. The van der Waals surface area contributed by atoms with Crippen LogP contribution >= 0.6 is 23.1 Å². The number of piperidine rings is 1. The van der Waals surface area contributed by atoms with Gasteiger partial charge in [-0.05, 0) is 30.4 Å². The third-order valence-electron chi connectivity index (χ3n) is 5.30. The van der Waals surface area contributed by atoms with Gasteiger partial charge in [-0.15, -0.1) is 17.9 Å². The molecule has 0 radical (unpaired) electrons. The molecule has 4 heterocycles. The summed E-state index contributed by atoms with van der Waals surface area (Å²) in [4.78, 5) is 33.4. The largest absolute Gasteiger partial charge is 0.464 e. The van der Waals surface area contributed by atoms with Crippen LogP contribution in [0.2, 0.25) is 0 Å². The summed E-state index contributed by atoms with van der Waals surface area (Å²) in [5, 5.41) is 2.99. The van der Waals surface area contributed by atoms with E-state index in [4.69, 9.17) is 9.40 Å². The number of carbonyl (C=O) groups excluding carboxylic acids is 1. The van der Waals surface area contributed by atoms with Crippen molar-refractivity contribution in [2.45, 2.75) is 32.0 Å². The topological polar surface area (TPSA) is 68.3 Å². The van der Waals surface area contributed by atoms with E-state index < -0.39 is 0 Å². The zero-order chi connectivity index (χ0) is 21.3. The fourth-order valence-corrected chi connectivity index (χ4v) is 5.98. The SMILES string of the molecule is C=CCn1c(SCC(=O)N2C[C@@H](C)C[C@H](C)C2)nc2scc(-c3ccco3)c2c1=O. The first-order valence-electron chi connectivity index (χ1n) is 10.0. The zero-order valence-corrected chi connectivity index (χ0v) is 18.8. The first-order valence-corrected chi connectivity index (χ1v) is 11.9. The van der Waals surface area contributed by atoms with Gasteiger partial charge >= 0.3 is 0 Å². The number of furan rings is 1. The van der Waals surface area contributed by atoms with Crippen molar-refractivity contribution < 1.29 is 9.21 Å². The number of hydrogen-bond donors (Lipinski definition) is 0. The number of fused-ring (bicyclic) bond motifs is 1. The molecule has 0 bridgehead atoms. The third-order valence-corrected chi connectivity index (χ3v) is 7.14. The molecule has 1 amide bonds. The van der Waals surface area contributed by atoms with Gasteiger partial charge in [0.15, 0.2) is 5.16 Å². The Morgan fingerprint density at radius 1 is 1.40 bits per heavy atom. The number of nitrogens with zero attached hydrogens (tertiary/aromatic N) is 3. The van der Waals surface area contributed by atoms with E-state index in [2.05, 4.69) is 20.4 Å². The lowest BCUT2D eigenvalue weighted by Crippen LogP contribution is -2.43. The molecule has 4 rings (SSSR count). The zero-order valence-electron chi connectivity index (χ0n) is 17.2. The number of aromatic nitrogens is 2. The predicted molar refractivity (Wildman–Crippen MR) is 122 cm³/mol. The molecule has 1 aliphatic heterocycles. The summed E-state index contributed by atoms with van der Waals surface area (Å²) < 4.78 is 7.08. The monoisotopic (exact) mass is 443 g/mol. The highest BCUT2D eigenvalue weighted by atomic mass is 32.2. The number of amides is 1. The summed E-state index contributed by atoms with van der Waals surface area (Å²) in [6, 6.07) is 3.63. The number of allylic oxidation sites excluding steroid dienone is 1. The van der Waals surface area contributed by atoms with E-state index in [0.717, 1.165) is 25.1 Å². The lowest BCUT2D eigenvalue weighted by Gasteiger charge is -2.35. The highest BCUT2D eigenvalue weighted by molar-refractivity contribution is 7.99. The molecule has 3 aromatic rings. The van der Waals surface area contributed by atoms with Gasteiger partial charge in [-0.3, -0.25) is 14.2 Å². The number of thiophene rings is 1. The van der Waals surface area contributed by atoms with Crippen molar-refractivity contribution >= 4 is 39.2 Å². The lowest BCUT2D eigenvalue weighted by atomic mass is 9.92. The Labute approximate surface area is 183 Å². The molecule has 0 saturated carbocycles. The van der Waals surface area contributed by atoms with Crippen LogP contribution in [-0.4, -0.2) is 39.2 Å². The summed E-state index contributed by atoms with van der Waals surface area (Å²) in [5.74, 6) is 2.05. The van der Waals surface area contributed by atoms with Crippen LogP contribution in [0.3, 0.4) is 0 Å². The van der Waals surface area contributed by atoms with Crippen LogP contribution in [0.5, 0.6) is 0 Å². The van der Waals surface area contributed by atoms with Gasteiger partial charge < -0.3 is 9.32 Å². The minimum atomic E-state index is -0.136. The van der Waals surface area contributed by atoms with Crippen molar-refractivity contribution in [2.75, 3.05) is 18.8 Å². The first kappa shape index (κ1) is 20.9. The number of rotatable bonds is 6. The Kier molecular flexibility index (Phi) is 6.15. The molecular formula is C22H25N3O3S2. The number of thioether (sulfide) groups is 1. The Balaban J connectivity index is 1.62. The summed E-state index contributed by atoms with van der Waals surface area (Å²) in [5.41, 5.74) is 0.613. The highest BCUT2D eigenvalue weighted by Gasteiger charge is 2.26. The second-order valence-electron chi connectivity index (χ2n) is 7.94. The van der Waals surface area contributed by atoms with Crippen molar-refractivity contribution in [1.82, 2.24) is 14.5 Å². The highest BCUT2D eigenvalue weighted by Crippen LogP contribution is 2.32. The first-order chi connectivity index (χ1) is 14.5. The Hall–Kier alpha value is -2.32. The van der Waals surface area contributed by atoms with Gasteiger partial charge in [0.25, 0.3) is 5.56 Å². The molecule has 158 valence electrons. The Morgan fingerprint density at radius 3 is 2.83 bits per heavy atom. The lowest BCUT2D eigenvalue weighted by molar-refractivity contribution is -0.130. The van der Waals surface area contributed by atoms with Gasteiger partial charge in [-0.1, -0.05) is 31.7 Å². The van der Waals surface area contributed by atoms with Gasteiger partial charge in [0.05, 0.1) is 17.4 Å². The van der Waals surface area contributed by atoms with Crippen LogP contribution in [0.15, 0.2) is 50.8 Å². The van der Waals surface area contributed by atoms with Gasteiger partial charge in [0, 0.05) is 30.6 Å². The molecule has 2 atom stereocenters. The minimum absolute atomic E-state index is 0.0975. The maximum absolute atomic E-state index is 13.3. The van der Waals surface area contributed by atoms with Gasteiger partial charge in [-0.25, -0.2) is 4.98 Å². The second-order valence-corrected chi connectivity index (χ2v) is 9.74. The van der Waals surface area contributed by atoms with E-state index in [1.54, 1.807) is 23.0 Å². The van der Waals surface area contributed by atoms with Crippen molar-refractivity contribution in [3.05, 3.63) is 46.8 Å². The minimum Gasteiger partial charge on any atom is -0.464 e. The van der Waals surface area contributed by atoms with Crippen LogP contribution in [-0.2, 0) is 11.3 Å². The van der Waals surface area contributed by atoms with Crippen molar-refractivity contribution in [2.24, 2.45) is 11.8 Å². The fourth-order valence-electron chi connectivity index (χ4n) is 4.10. The van der Waals surface area contributed by atoms with Gasteiger partial charge in [0.1, 0.15) is 10.6 Å². The molecule has 6 nitrogen and oxygen atoms in total. The molecule has 1 aliphatic rings. The molecule has 3 aromatic heterocycles. The smallest absolute Gasteiger partial charge is 0.263 e. The molecule has 30 heavy (non-hydrogen) atoms. The standard InChI is InChI=1S/C22H25N3O3S2/c1-4-7-25-21(27)19-16(17-6-5-8-28-17)12-29-20(19)23-22(25)30-13-18(26)24-10-14(2)9-15(3)11-24/h4-6,8,12,14-15H,1,7,9-11,13H2,2-3H3/t14-,15-/m0/s1. The average molecular weight is 444 g/mol. The van der Waals surface area contributed by atoms with E-state index in [1.165, 1.54) is 23.1 Å². The predicted octanol–water partition coefficient (Wildman–Crippen LogP) is 4.50. The summed E-state index contributed by atoms with van der Waals surface area (Å²) >= 11 is 2.73. The molecule has 0 spiro atoms. The number of hydrogen-bond acceptors (Lipinski definition) is 6. The van der Waals surface area contributed by atoms with Crippen LogP contribution in [0.4, 0.5) is 0 Å². The summed E-state index contributed by atoms with van der Waals surface area (Å²) in [6.45, 7) is 10.1. The third kappa shape index (κ3) is 4.11. The van der Waals surface area contributed by atoms with Crippen LogP contribution in [0.1, 0.15) is 20.3 Å². The molecule has 8 heteroatoms. The van der Waals surface area contributed by atoms with Crippen LogP contribution in [0.25, 0.3) is 21.5 Å². The van der Waals surface area contributed by atoms with Crippen LogP contribution < -0.4 is 5.56 Å². The molecule has 1 saturated heterocycles. The van der Waals surface area contributed by atoms with Crippen molar-refractivity contribution in [3.63, 3.8) is 0 Å². The van der Waals surface area contributed by atoms with Gasteiger partial charge in [-0.2, -0.15) is 0 Å². The summed E-state index contributed by atoms with van der Waals surface area (Å²) in [6.07, 6.45) is 4.42. The second kappa shape index (κ2) is 8.81. The van der Waals surface area contributed by atoms with Crippen molar-refractivity contribution in [1.29, 1.82) is 0 Å². The van der Waals surface area contributed by atoms with Gasteiger partial charge in [0.2, 0.25) is 5.91 Å². The average Bonchev–Trinajstić information content (AvgIpc) is 3.37. The molecule has 0 unspecified atom stereocenters. The maximum atomic E-state index is 13.3. The van der Waals surface area contributed by atoms with Crippen molar-refractivity contribution in [3.8, 4) is 11.3 Å². The van der Waals surface area contributed by atoms with E-state index in [0.29, 0.717) is 39.5 Å². The van der Waals surface area contributed by atoms with E-state index in [9.17, 15) is 9.59 Å². The van der Waals surface area contributed by atoms with Crippen LogP contribution in [0, 0.1) is 11.8 Å². The van der Waals surface area contributed by atoms with E-state index >= 15 is 0 Å². The maximum Gasteiger partial charge on any atom is 0.263 e. The molecule has 0 aromatic carbocycles. The number of carbonyl (C=O) groups is 1. The molecular weight excluding hydrogens is 418 g/mol. The van der Waals surface area contributed by atoms with E-state index in [-0.39, 0.29) is 17.2 Å². The number of likely N-dealkylation sites (tertiary alicyclic amines) is 1. The molecule has 1 fully saturated rings. The van der Waals surface area contributed by atoms with E-state index in [1.807, 2.05) is 16.3 Å². The molecule has 0 aliphatic carbocycles. The quantitative estimate of drug-likeness (QED) is 0.319.